The summed E-state index contributed by atoms with van der Waals surface area (Å²) in [4.78, 5) is 0. The van der Waals surface area contributed by atoms with Gasteiger partial charge in [-0.3, -0.25) is 0 Å². The first kappa shape index (κ1) is 6.99. The molecular weight excluding hydrogens is 118 g/mol. The van der Waals surface area contributed by atoms with E-state index >= 15 is 0 Å². The molecule has 0 saturated carbocycles. The highest BCUT2D eigenvalue weighted by Crippen LogP contribution is 2.15. The van der Waals surface area contributed by atoms with E-state index in [1.165, 1.54) is 0 Å². The molecule has 3 nitrogen and oxygen atoms in total. The molecule has 0 radical (unpaired) electrons. The molecule has 0 aromatic rings. The minimum Gasteiger partial charge on any atom is -0.368 e. The molecule has 1 rings (SSSR count). The quantitative estimate of drug-likeness (QED) is 0.480. The average Bonchev–Trinajstić information content (AvgIpc) is 1.80. The van der Waals surface area contributed by atoms with Crippen molar-refractivity contribution in [3.8, 4) is 0 Å². The van der Waals surface area contributed by atoms with E-state index in [1.54, 1.807) is 0 Å². The third kappa shape index (κ3) is 1.64. The van der Waals surface area contributed by atoms with Gasteiger partial charge in [0.2, 0.25) is 0 Å². The summed E-state index contributed by atoms with van der Waals surface area (Å²) in [6.45, 7) is 1.88. The topological polar surface area (TPSA) is 55.5 Å². The zero-order valence-corrected chi connectivity index (χ0v) is 5.58. The Morgan fingerprint density at radius 3 is 2.67 bits per heavy atom. The van der Waals surface area contributed by atoms with Crippen molar-refractivity contribution in [2.24, 2.45) is 5.73 Å². The van der Waals surface area contributed by atoms with Crippen molar-refractivity contribution in [1.82, 2.24) is 0 Å². The van der Waals surface area contributed by atoms with Crippen LogP contribution in [0.1, 0.15) is 19.8 Å². The molecule has 0 aliphatic carbocycles. The second kappa shape index (κ2) is 2.64. The van der Waals surface area contributed by atoms with E-state index in [4.69, 9.17) is 15.6 Å². The lowest BCUT2D eigenvalue weighted by Crippen LogP contribution is -2.42. The molecule has 3 atom stereocenters. The third-order valence-electron chi connectivity index (χ3n) is 1.72. The lowest BCUT2D eigenvalue weighted by Gasteiger charge is -2.29. The number of aliphatic hydroxyl groups is 1. The molecule has 1 fully saturated rings. The normalized spacial score (nSPS) is 45.0. The second-order valence-electron chi connectivity index (χ2n) is 2.54. The molecule has 3 N–H and O–H groups in total. The van der Waals surface area contributed by atoms with Crippen LogP contribution in [0.5, 0.6) is 0 Å². The zero-order valence-electron chi connectivity index (χ0n) is 5.58. The van der Waals surface area contributed by atoms with Gasteiger partial charge in [0.1, 0.15) is 0 Å². The number of hydrogen-bond acceptors (Lipinski definition) is 3. The lowest BCUT2D eigenvalue weighted by atomic mass is 10.0. The molecule has 1 aliphatic heterocycles. The average molecular weight is 131 g/mol. The van der Waals surface area contributed by atoms with Gasteiger partial charge in [0.25, 0.3) is 0 Å². The largest absolute Gasteiger partial charge is 0.368 e. The molecule has 9 heavy (non-hydrogen) atoms. The molecular formula is C6H13NO2. The Balaban J connectivity index is 2.35. The maximum absolute atomic E-state index is 8.92. The van der Waals surface area contributed by atoms with Crippen LogP contribution < -0.4 is 5.73 Å². The fraction of sp³-hybridized carbons (Fsp3) is 1.00. The number of rotatable bonds is 0. The second-order valence-corrected chi connectivity index (χ2v) is 2.54. The van der Waals surface area contributed by atoms with Crippen molar-refractivity contribution in [1.29, 1.82) is 0 Å². The number of hydrogen-bond donors (Lipinski definition) is 2. The predicted molar refractivity (Wildman–Crippen MR) is 33.8 cm³/mol. The fourth-order valence-corrected chi connectivity index (χ4v) is 0.986. The van der Waals surface area contributed by atoms with Crippen molar-refractivity contribution in [2.75, 3.05) is 0 Å². The number of nitrogens with two attached hydrogens (primary N) is 1. The summed E-state index contributed by atoms with van der Waals surface area (Å²) >= 11 is 0. The molecule has 1 saturated heterocycles. The minimum atomic E-state index is -0.584. The van der Waals surface area contributed by atoms with E-state index in [1.807, 2.05) is 6.92 Å². The van der Waals surface area contributed by atoms with Gasteiger partial charge in [-0.2, -0.15) is 0 Å². The molecule has 0 spiro atoms. The molecule has 3 heteroatoms. The summed E-state index contributed by atoms with van der Waals surface area (Å²) in [6.07, 6.45) is 0.960. The molecule has 0 unspecified atom stereocenters. The smallest absolute Gasteiger partial charge is 0.155 e. The summed E-state index contributed by atoms with van der Waals surface area (Å²) in [6, 6.07) is 0.105. The van der Waals surface area contributed by atoms with Gasteiger partial charge in [-0.15, -0.1) is 0 Å². The van der Waals surface area contributed by atoms with E-state index in [-0.39, 0.29) is 12.1 Å². The monoisotopic (exact) mass is 131 g/mol. The molecule has 0 aromatic heterocycles. The van der Waals surface area contributed by atoms with Crippen LogP contribution in [0.25, 0.3) is 0 Å². The molecule has 1 aliphatic rings. The Labute approximate surface area is 54.8 Å². The first-order valence-electron chi connectivity index (χ1n) is 3.29. The van der Waals surface area contributed by atoms with Crippen molar-refractivity contribution < 1.29 is 9.84 Å². The zero-order chi connectivity index (χ0) is 6.85. The van der Waals surface area contributed by atoms with Gasteiger partial charge in [-0.1, -0.05) is 0 Å². The molecule has 0 bridgehead atoms. The van der Waals surface area contributed by atoms with E-state index in [0.717, 1.165) is 6.42 Å². The van der Waals surface area contributed by atoms with Crippen LogP contribution in [0.3, 0.4) is 0 Å². The highest BCUT2D eigenvalue weighted by atomic mass is 16.6. The summed E-state index contributed by atoms with van der Waals surface area (Å²) in [5.41, 5.74) is 5.60. The maximum atomic E-state index is 8.92. The first-order valence-corrected chi connectivity index (χ1v) is 3.29. The van der Waals surface area contributed by atoms with Crippen LogP contribution >= 0.6 is 0 Å². The van der Waals surface area contributed by atoms with E-state index in [0.29, 0.717) is 6.42 Å². The summed E-state index contributed by atoms with van der Waals surface area (Å²) in [5, 5.41) is 8.92. The van der Waals surface area contributed by atoms with Crippen LogP contribution in [0.4, 0.5) is 0 Å². The molecule has 0 aromatic carbocycles. The SMILES string of the molecule is C[C@@H]1O[C@H](O)CC[C@H]1N. The number of ether oxygens (including phenoxy) is 1. The predicted octanol–water partition coefficient (Wildman–Crippen LogP) is -0.169. The number of aliphatic hydroxyl groups excluding tert-OH is 1. The van der Waals surface area contributed by atoms with E-state index in [2.05, 4.69) is 0 Å². The maximum Gasteiger partial charge on any atom is 0.155 e. The summed E-state index contributed by atoms with van der Waals surface area (Å²) in [5.74, 6) is 0. The standard InChI is InChI=1S/C6H13NO2/c1-4-5(7)2-3-6(8)9-4/h4-6,8H,2-3,7H2,1H3/t4-,5+,6-/m0/s1. The van der Waals surface area contributed by atoms with Crippen LogP contribution in [-0.4, -0.2) is 23.5 Å². The molecule has 0 amide bonds. The van der Waals surface area contributed by atoms with E-state index in [9.17, 15) is 0 Å². The van der Waals surface area contributed by atoms with Crippen LogP contribution in [0.15, 0.2) is 0 Å². The Bertz CT molecular complexity index is 97.1. The Kier molecular flexibility index (Phi) is 2.05. The Morgan fingerprint density at radius 2 is 2.22 bits per heavy atom. The van der Waals surface area contributed by atoms with Crippen molar-refractivity contribution in [2.45, 2.75) is 38.2 Å². The molecule has 54 valence electrons. The van der Waals surface area contributed by atoms with Gasteiger partial charge in [0.05, 0.1) is 6.10 Å². The van der Waals surface area contributed by atoms with Crippen molar-refractivity contribution in [3.05, 3.63) is 0 Å². The third-order valence-corrected chi connectivity index (χ3v) is 1.72. The Morgan fingerprint density at radius 1 is 1.56 bits per heavy atom. The lowest BCUT2D eigenvalue weighted by molar-refractivity contribution is -0.162. The highest BCUT2D eigenvalue weighted by molar-refractivity contribution is 4.74. The van der Waals surface area contributed by atoms with Gasteiger partial charge < -0.3 is 15.6 Å². The van der Waals surface area contributed by atoms with Gasteiger partial charge >= 0.3 is 0 Å². The molecule has 1 heterocycles. The van der Waals surface area contributed by atoms with Crippen LogP contribution in [-0.2, 0) is 4.74 Å². The summed E-state index contributed by atoms with van der Waals surface area (Å²) in [7, 11) is 0. The summed E-state index contributed by atoms with van der Waals surface area (Å²) < 4.78 is 5.03. The minimum absolute atomic E-state index is 0.00810. The first-order chi connectivity index (χ1) is 4.20. The van der Waals surface area contributed by atoms with E-state index < -0.39 is 6.29 Å². The fourth-order valence-electron chi connectivity index (χ4n) is 0.986. The van der Waals surface area contributed by atoms with Gasteiger partial charge in [-0.25, -0.2) is 0 Å². The highest BCUT2D eigenvalue weighted by Gasteiger charge is 2.23. The van der Waals surface area contributed by atoms with Crippen LogP contribution in [0.2, 0.25) is 0 Å². The van der Waals surface area contributed by atoms with Gasteiger partial charge in [-0.05, 0) is 19.8 Å². The van der Waals surface area contributed by atoms with Gasteiger partial charge in [0.15, 0.2) is 6.29 Å². The van der Waals surface area contributed by atoms with Crippen molar-refractivity contribution >= 4 is 0 Å². The van der Waals surface area contributed by atoms with Crippen molar-refractivity contribution in [3.63, 3.8) is 0 Å². The van der Waals surface area contributed by atoms with Crippen LogP contribution in [0, 0.1) is 0 Å². The Hall–Kier alpha value is -0.120. The van der Waals surface area contributed by atoms with Gasteiger partial charge in [0, 0.05) is 6.04 Å².